The van der Waals surface area contributed by atoms with Crippen molar-refractivity contribution in [1.82, 2.24) is 5.43 Å². The van der Waals surface area contributed by atoms with E-state index in [1.54, 1.807) is 10.8 Å². The van der Waals surface area contributed by atoms with Gasteiger partial charge in [-0.25, -0.2) is 9.82 Å². The molecular weight excluding hydrogens is 440 g/mol. The van der Waals surface area contributed by atoms with Gasteiger partial charge in [-0.2, -0.15) is 18.3 Å². The second-order valence-electron chi connectivity index (χ2n) is 5.46. The minimum atomic E-state index is -4.91. The molecule has 0 aliphatic heterocycles. The van der Waals surface area contributed by atoms with Crippen molar-refractivity contribution in [2.75, 3.05) is 0 Å². The van der Waals surface area contributed by atoms with E-state index in [-0.39, 0.29) is 14.8 Å². The average Bonchev–Trinajstić information content (AvgIpc) is 3.25. The molecule has 0 aliphatic carbocycles. The van der Waals surface area contributed by atoms with Crippen molar-refractivity contribution in [2.24, 2.45) is 5.10 Å². The fourth-order valence-electron chi connectivity index (χ4n) is 2.23. The molecule has 0 aliphatic rings. The Hall–Kier alpha value is -2.30. The van der Waals surface area contributed by atoms with E-state index >= 15 is 0 Å². The van der Waals surface area contributed by atoms with Crippen LogP contribution in [-0.4, -0.2) is 23.6 Å². The number of alkyl halides is 3. The molecule has 2 aromatic heterocycles. The van der Waals surface area contributed by atoms with Gasteiger partial charge in [0, 0.05) is 10.1 Å². The molecule has 146 valence electrons. The number of thiophene rings is 2. The van der Waals surface area contributed by atoms with E-state index in [0.29, 0.717) is 10.1 Å². The molecule has 1 aromatic carbocycles. The lowest BCUT2D eigenvalue weighted by molar-refractivity contribution is -0.0605. The van der Waals surface area contributed by atoms with Gasteiger partial charge in [-0.1, -0.05) is 17.7 Å². The van der Waals surface area contributed by atoms with Crippen LogP contribution in [0.1, 0.15) is 25.8 Å². The lowest BCUT2D eigenvalue weighted by Gasteiger charge is -2.09. The summed E-state index contributed by atoms with van der Waals surface area (Å²) in [6.45, 7) is 0. The number of benzene rings is 1. The second kappa shape index (κ2) is 7.98. The highest BCUT2D eigenvalue weighted by Crippen LogP contribution is 2.35. The van der Waals surface area contributed by atoms with Gasteiger partial charge < -0.3 is 0 Å². The first-order chi connectivity index (χ1) is 13.2. The number of amides is 1. The van der Waals surface area contributed by atoms with E-state index in [0.717, 1.165) is 34.8 Å². The maximum Gasteiger partial charge on any atom is 0.431 e. The summed E-state index contributed by atoms with van der Waals surface area (Å²) in [6, 6.07) is 6.61. The number of nitrogens with zero attached hydrogens (tertiary/aromatic N) is 1. The third-order valence-corrected chi connectivity index (χ3v) is 6.11. The fourth-order valence-corrected chi connectivity index (χ4v) is 4.33. The first kappa shape index (κ1) is 20.4. The van der Waals surface area contributed by atoms with Gasteiger partial charge in [0.05, 0.1) is 16.3 Å². The molecule has 0 radical (unpaired) electrons. The van der Waals surface area contributed by atoms with E-state index in [2.05, 4.69) is 5.10 Å². The number of hydrogen-bond donors (Lipinski definition) is 1. The number of carbonyl (C=O) groups excluding carboxylic acids is 2. The molecule has 0 bridgehead atoms. The van der Waals surface area contributed by atoms with Crippen LogP contribution in [0.25, 0.3) is 10.1 Å². The van der Waals surface area contributed by atoms with Gasteiger partial charge in [0.1, 0.15) is 16.4 Å². The number of rotatable bonds is 5. The topological polar surface area (TPSA) is 58.5 Å². The van der Waals surface area contributed by atoms with Gasteiger partial charge in [0.15, 0.2) is 5.78 Å². The minimum Gasteiger partial charge on any atom is -0.293 e. The highest BCUT2D eigenvalue weighted by molar-refractivity contribution is 7.21. The molecule has 28 heavy (non-hydrogen) atoms. The second-order valence-corrected chi connectivity index (χ2v) is 7.84. The zero-order valence-corrected chi connectivity index (χ0v) is 16.0. The number of fused-ring (bicyclic) bond motifs is 1. The Morgan fingerprint density at radius 2 is 1.96 bits per heavy atom. The number of carbonyl (C=O) groups is 2. The Labute approximate surface area is 168 Å². The summed E-state index contributed by atoms with van der Waals surface area (Å²) in [6.07, 6.45) is -5.93. The number of hydrazone groups is 1. The van der Waals surface area contributed by atoms with Crippen molar-refractivity contribution in [2.45, 2.75) is 12.6 Å². The molecule has 0 atom stereocenters. The van der Waals surface area contributed by atoms with E-state index in [4.69, 9.17) is 11.6 Å². The molecule has 3 rings (SSSR count). The van der Waals surface area contributed by atoms with Crippen LogP contribution in [0, 0.1) is 5.82 Å². The Kier molecular flexibility index (Phi) is 5.82. The van der Waals surface area contributed by atoms with Gasteiger partial charge in [0.2, 0.25) is 0 Å². The monoisotopic (exact) mass is 448 g/mol. The molecule has 1 N–H and O–H groups in total. The van der Waals surface area contributed by atoms with Gasteiger partial charge in [0.25, 0.3) is 5.91 Å². The minimum absolute atomic E-state index is 0.0177. The van der Waals surface area contributed by atoms with Crippen molar-refractivity contribution in [3.63, 3.8) is 0 Å². The van der Waals surface area contributed by atoms with Crippen molar-refractivity contribution in [3.05, 3.63) is 56.3 Å². The van der Waals surface area contributed by atoms with Crippen LogP contribution >= 0.6 is 34.3 Å². The number of ketones is 1. The Morgan fingerprint density at radius 3 is 2.61 bits per heavy atom. The summed E-state index contributed by atoms with van der Waals surface area (Å²) in [5, 5.41) is 5.04. The van der Waals surface area contributed by atoms with Crippen molar-refractivity contribution in [3.8, 4) is 0 Å². The lowest BCUT2D eigenvalue weighted by atomic mass is 10.1. The number of halogens is 5. The SMILES string of the molecule is O=C(C/C(=N/NC(=O)c1sc2cc(F)ccc2c1Cl)C(F)(F)F)c1cccs1. The molecule has 1 amide bonds. The van der Waals surface area contributed by atoms with Crippen LogP contribution in [0.15, 0.2) is 40.8 Å². The average molecular weight is 449 g/mol. The summed E-state index contributed by atoms with van der Waals surface area (Å²) >= 11 is 7.89. The van der Waals surface area contributed by atoms with Crippen molar-refractivity contribution < 1.29 is 27.2 Å². The van der Waals surface area contributed by atoms with Gasteiger partial charge >= 0.3 is 6.18 Å². The maximum absolute atomic E-state index is 13.3. The van der Waals surface area contributed by atoms with Crippen LogP contribution in [-0.2, 0) is 0 Å². The summed E-state index contributed by atoms with van der Waals surface area (Å²) in [7, 11) is 0. The molecule has 11 heteroatoms. The van der Waals surface area contributed by atoms with Crippen LogP contribution in [0.4, 0.5) is 17.6 Å². The largest absolute Gasteiger partial charge is 0.431 e. The predicted octanol–water partition coefficient (Wildman–Crippen LogP) is 5.68. The molecule has 2 heterocycles. The Bertz CT molecular complexity index is 1070. The fraction of sp³-hybridized carbons (Fsp3) is 0.118. The smallest absolute Gasteiger partial charge is 0.293 e. The molecule has 0 saturated heterocycles. The zero-order valence-electron chi connectivity index (χ0n) is 13.6. The van der Waals surface area contributed by atoms with Crippen LogP contribution < -0.4 is 5.43 Å². The quantitative estimate of drug-likeness (QED) is 0.236. The van der Waals surface area contributed by atoms with Crippen molar-refractivity contribution >= 4 is 61.8 Å². The normalized spacial score (nSPS) is 12.4. The molecule has 4 nitrogen and oxygen atoms in total. The number of Topliss-reactive ketones (excluding diaryl/α,β-unsaturated/α-hetero) is 1. The molecule has 3 aromatic rings. The van der Waals surface area contributed by atoms with Gasteiger partial charge in [-0.3, -0.25) is 9.59 Å². The highest BCUT2D eigenvalue weighted by atomic mass is 35.5. The lowest BCUT2D eigenvalue weighted by Crippen LogP contribution is -2.30. The van der Waals surface area contributed by atoms with Crippen LogP contribution in [0.3, 0.4) is 0 Å². The van der Waals surface area contributed by atoms with E-state index in [9.17, 15) is 27.2 Å². The van der Waals surface area contributed by atoms with E-state index in [1.165, 1.54) is 18.2 Å². The molecule has 0 fully saturated rings. The molecule has 0 saturated carbocycles. The van der Waals surface area contributed by atoms with Crippen molar-refractivity contribution in [1.29, 1.82) is 0 Å². The van der Waals surface area contributed by atoms with Gasteiger partial charge in [-0.05, 0) is 29.6 Å². The molecule has 0 spiro atoms. The number of nitrogens with one attached hydrogen (secondary N) is 1. The number of hydrogen-bond acceptors (Lipinski definition) is 5. The highest BCUT2D eigenvalue weighted by Gasteiger charge is 2.37. The predicted molar refractivity (Wildman–Crippen MR) is 101 cm³/mol. The first-order valence-corrected chi connectivity index (χ1v) is 9.62. The third-order valence-electron chi connectivity index (χ3n) is 3.54. The maximum atomic E-state index is 13.3. The summed E-state index contributed by atoms with van der Waals surface area (Å²) in [5.41, 5.74) is 0.343. The zero-order chi connectivity index (χ0) is 20.5. The summed E-state index contributed by atoms with van der Waals surface area (Å²) in [4.78, 5) is 24.2. The van der Waals surface area contributed by atoms with E-state index in [1.807, 2.05) is 0 Å². The molecule has 0 unspecified atom stereocenters. The van der Waals surface area contributed by atoms with Crippen LogP contribution in [0.5, 0.6) is 0 Å². The summed E-state index contributed by atoms with van der Waals surface area (Å²) < 4.78 is 53.2. The molecular formula is C17H9ClF4N2O2S2. The Morgan fingerprint density at radius 1 is 1.21 bits per heavy atom. The van der Waals surface area contributed by atoms with E-state index < -0.39 is 35.8 Å². The van der Waals surface area contributed by atoms with Crippen LogP contribution in [0.2, 0.25) is 5.02 Å². The summed E-state index contributed by atoms with van der Waals surface area (Å²) in [5.74, 6) is -2.30. The first-order valence-electron chi connectivity index (χ1n) is 7.55. The third kappa shape index (κ3) is 4.40. The Balaban J connectivity index is 1.83. The van der Waals surface area contributed by atoms with Gasteiger partial charge in [-0.15, -0.1) is 22.7 Å². The standard InChI is InChI=1S/C17H9ClF4N2O2S2/c18-14-9-4-3-8(19)6-12(9)28-15(14)16(26)24-23-13(17(20,21)22)7-10(25)11-2-1-5-27-11/h1-6H,7H2,(H,24,26)/b23-13-.